The fraction of sp³-hybridized carbons (Fsp3) is 0.621. The molecular weight excluding hydrogens is 564 g/mol. The predicted molar refractivity (Wildman–Crippen MR) is 141 cm³/mol. The van der Waals surface area contributed by atoms with E-state index >= 15 is 0 Å². The highest BCUT2D eigenvalue weighted by atomic mass is 19.3. The Morgan fingerprint density at radius 3 is 1.98 bits per heavy atom. The number of halogens is 4. The third-order valence-electron chi connectivity index (χ3n) is 7.92. The number of nitrogens with zero attached hydrogens (tertiary/aromatic N) is 1. The summed E-state index contributed by atoms with van der Waals surface area (Å²) < 4.78 is 72.2. The summed E-state index contributed by atoms with van der Waals surface area (Å²) >= 11 is 0. The first-order chi connectivity index (χ1) is 20.1. The summed E-state index contributed by atoms with van der Waals surface area (Å²) in [6, 6.07) is 0.646. The third-order valence-corrected chi connectivity index (χ3v) is 7.92. The summed E-state index contributed by atoms with van der Waals surface area (Å²) in [5.41, 5.74) is -0.106. The molecule has 2 aliphatic carbocycles. The maximum atomic E-state index is 13.5. The lowest BCUT2D eigenvalue weighted by molar-refractivity contribution is -0.141. The molecule has 0 bridgehead atoms. The highest BCUT2D eigenvalue weighted by molar-refractivity contribution is 6.00. The summed E-state index contributed by atoms with van der Waals surface area (Å²) in [5.74, 6) is -2.01. The topological polar surface area (TPSA) is 103 Å². The van der Waals surface area contributed by atoms with Crippen molar-refractivity contribution >= 4 is 18.1 Å². The van der Waals surface area contributed by atoms with Gasteiger partial charge < -0.3 is 24.3 Å². The van der Waals surface area contributed by atoms with Crippen molar-refractivity contribution in [3.8, 4) is 11.5 Å². The molecule has 42 heavy (non-hydrogen) atoms. The van der Waals surface area contributed by atoms with Gasteiger partial charge in [0.05, 0.1) is 18.8 Å². The number of carbonyl (C=O) groups is 3. The van der Waals surface area contributed by atoms with Crippen molar-refractivity contribution in [2.45, 2.75) is 90.4 Å². The van der Waals surface area contributed by atoms with Gasteiger partial charge in [-0.15, -0.1) is 0 Å². The van der Waals surface area contributed by atoms with E-state index in [-0.39, 0.29) is 41.9 Å². The van der Waals surface area contributed by atoms with E-state index in [4.69, 9.17) is 9.47 Å². The average molecular weight is 601 g/mol. The molecule has 4 rings (SSSR count). The molecule has 0 spiro atoms. The van der Waals surface area contributed by atoms with Crippen LogP contribution in [0, 0.1) is 11.8 Å². The summed E-state index contributed by atoms with van der Waals surface area (Å²) in [5, 5.41) is 2.49. The molecule has 3 aliphatic rings. The summed E-state index contributed by atoms with van der Waals surface area (Å²) in [7, 11) is 0. The van der Waals surface area contributed by atoms with Crippen LogP contribution in [0.25, 0.3) is 0 Å². The smallest absolute Gasteiger partial charge is 0.418 e. The molecule has 1 atom stereocenters. The molecule has 13 heteroatoms. The van der Waals surface area contributed by atoms with Gasteiger partial charge in [0.1, 0.15) is 6.04 Å². The SMILES string of the molecule is CC1=C(C(=O)OCC2CCCCC2)C(c2ccc(OC(F)F)c(OC(F)F)c2)N(C(=O)OCC2CCCCC2)C(=O)N1. The Balaban J connectivity index is 1.68. The van der Waals surface area contributed by atoms with Gasteiger partial charge in [0.15, 0.2) is 11.5 Å². The molecule has 0 saturated heterocycles. The van der Waals surface area contributed by atoms with E-state index < -0.39 is 48.9 Å². The van der Waals surface area contributed by atoms with Gasteiger partial charge in [-0.1, -0.05) is 44.6 Å². The van der Waals surface area contributed by atoms with Crippen LogP contribution in [0.4, 0.5) is 27.2 Å². The lowest BCUT2D eigenvalue weighted by atomic mass is 9.90. The number of allylic oxidation sites excluding steroid dienone is 1. The highest BCUT2D eigenvalue weighted by Gasteiger charge is 2.43. The van der Waals surface area contributed by atoms with E-state index in [9.17, 15) is 31.9 Å². The van der Waals surface area contributed by atoms with E-state index in [1.165, 1.54) is 13.0 Å². The molecule has 3 amide bonds. The maximum Gasteiger partial charge on any atom is 0.418 e. The number of hydrogen-bond donors (Lipinski definition) is 1. The number of esters is 1. The Morgan fingerprint density at radius 1 is 0.857 bits per heavy atom. The molecule has 1 aliphatic heterocycles. The second-order valence-corrected chi connectivity index (χ2v) is 10.9. The number of alkyl halides is 4. The summed E-state index contributed by atoms with van der Waals surface area (Å²) in [6.45, 7) is -5.11. The van der Waals surface area contributed by atoms with Crippen LogP contribution in [0.5, 0.6) is 11.5 Å². The first kappa shape index (κ1) is 31.4. The lowest BCUT2D eigenvalue weighted by Crippen LogP contribution is -2.51. The lowest BCUT2D eigenvalue weighted by Gasteiger charge is -2.36. The van der Waals surface area contributed by atoms with Crippen LogP contribution in [0.2, 0.25) is 0 Å². The number of benzene rings is 1. The van der Waals surface area contributed by atoms with Crippen molar-refractivity contribution in [3.05, 3.63) is 35.0 Å². The van der Waals surface area contributed by atoms with E-state index in [0.29, 0.717) is 4.90 Å². The monoisotopic (exact) mass is 600 g/mol. The molecule has 1 N–H and O–H groups in total. The molecule has 0 radical (unpaired) electrons. The summed E-state index contributed by atoms with van der Waals surface area (Å²) in [4.78, 5) is 40.7. The number of hydrogen-bond acceptors (Lipinski definition) is 7. The minimum absolute atomic E-state index is 0.0549. The molecule has 9 nitrogen and oxygen atoms in total. The van der Waals surface area contributed by atoms with Gasteiger partial charge in [0, 0.05) is 5.70 Å². The number of carbonyl (C=O) groups excluding carboxylic acids is 3. The first-order valence-electron chi connectivity index (χ1n) is 14.3. The zero-order valence-corrected chi connectivity index (χ0v) is 23.4. The molecule has 1 aromatic rings. The Morgan fingerprint density at radius 2 is 1.40 bits per heavy atom. The van der Waals surface area contributed by atoms with E-state index in [1.54, 1.807) is 0 Å². The summed E-state index contributed by atoms with van der Waals surface area (Å²) in [6.07, 6.45) is 8.67. The van der Waals surface area contributed by atoms with Crippen molar-refractivity contribution in [2.24, 2.45) is 11.8 Å². The van der Waals surface area contributed by atoms with Crippen LogP contribution in [-0.2, 0) is 14.3 Å². The maximum absolute atomic E-state index is 13.5. The van der Waals surface area contributed by atoms with Gasteiger partial charge in [-0.3, -0.25) is 0 Å². The molecule has 0 aromatic heterocycles. The Kier molecular flexibility index (Phi) is 10.9. The van der Waals surface area contributed by atoms with E-state index in [2.05, 4.69) is 14.8 Å². The number of nitrogens with one attached hydrogen (secondary N) is 1. The van der Waals surface area contributed by atoms with Crippen molar-refractivity contribution in [3.63, 3.8) is 0 Å². The second kappa shape index (κ2) is 14.6. The number of rotatable bonds is 10. The first-order valence-corrected chi connectivity index (χ1v) is 14.3. The van der Waals surface area contributed by atoms with Gasteiger partial charge in [0.2, 0.25) is 0 Å². The molecular formula is C29H36F4N2O7. The van der Waals surface area contributed by atoms with Crippen molar-refractivity contribution in [1.29, 1.82) is 0 Å². The van der Waals surface area contributed by atoms with Gasteiger partial charge in [-0.25, -0.2) is 19.3 Å². The third kappa shape index (κ3) is 8.07. The standard InChI is InChI=1S/C29H36F4N2O7/c1-17-23(25(36)39-15-18-8-4-2-5-9-18)24(20-12-13-21(41-26(30)31)22(14-20)42-27(32)33)35(28(37)34-17)29(38)40-16-19-10-6-3-7-11-19/h12-14,18-19,24,26-27H,2-11,15-16H2,1H3,(H,34,37). The van der Waals surface area contributed by atoms with Crippen LogP contribution in [-0.4, -0.2) is 49.4 Å². The van der Waals surface area contributed by atoms with Crippen molar-refractivity contribution in [2.75, 3.05) is 13.2 Å². The average Bonchev–Trinajstić information content (AvgIpc) is 2.96. The molecule has 232 valence electrons. The highest BCUT2D eigenvalue weighted by Crippen LogP contribution is 2.40. The van der Waals surface area contributed by atoms with Crippen LogP contribution in [0.1, 0.15) is 82.7 Å². The van der Waals surface area contributed by atoms with Gasteiger partial charge in [0.25, 0.3) is 0 Å². The predicted octanol–water partition coefficient (Wildman–Crippen LogP) is 7.07. The zero-order chi connectivity index (χ0) is 30.2. The number of urea groups is 1. The minimum atomic E-state index is -3.40. The van der Waals surface area contributed by atoms with Crippen LogP contribution < -0.4 is 14.8 Å². The molecule has 2 saturated carbocycles. The fourth-order valence-electron chi connectivity index (χ4n) is 5.82. The minimum Gasteiger partial charge on any atom is -0.462 e. The van der Waals surface area contributed by atoms with Crippen LogP contribution in [0.15, 0.2) is 29.5 Å². The van der Waals surface area contributed by atoms with Crippen LogP contribution in [0.3, 0.4) is 0 Å². The number of imide groups is 1. The molecule has 1 unspecified atom stereocenters. The van der Waals surface area contributed by atoms with Crippen molar-refractivity contribution < 1.29 is 50.9 Å². The Labute approximate surface area is 241 Å². The molecule has 1 heterocycles. The van der Waals surface area contributed by atoms with Gasteiger partial charge >= 0.3 is 31.3 Å². The molecule has 1 aromatic carbocycles. The van der Waals surface area contributed by atoms with E-state index in [0.717, 1.165) is 76.3 Å². The normalized spacial score (nSPS) is 20.5. The zero-order valence-electron chi connectivity index (χ0n) is 23.4. The van der Waals surface area contributed by atoms with Gasteiger partial charge in [-0.2, -0.15) is 17.6 Å². The molecule has 2 fully saturated rings. The number of ether oxygens (including phenoxy) is 4. The quantitative estimate of drug-likeness (QED) is 0.226. The van der Waals surface area contributed by atoms with Crippen LogP contribution >= 0.6 is 0 Å². The second-order valence-electron chi connectivity index (χ2n) is 10.9. The number of amides is 3. The van der Waals surface area contributed by atoms with Gasteiger partial charge in [-0.05, 0) is 62.1 Å². The fourth-order valence-corrected chi connectivity index (χ4v) is 5.82. The Hall–Kier alpha value is -3.51. The largest absolute Gasteiger partial charge is 0.462 e. The Bertz CT molecular complexity index is 1150. The van der Waals surface area contributed by atoms with Crippen molar-refractivity contribution in [1.82, 2.24) is 10.2 Å². The van der Waals surface area contributed by atoms with E-state index in [1.807, 2.05) is 0 Å².